The van der Waals surface area contributed by atoms with Gasteiger partial charge in [0.2, 0.25) is 0 Å². The molecule has 0 spiro atoms. The van der Waals surface area contributed by atoms with E-state index in [0.29, 0.717) is 6.10 Å². The van der Waals surface area contributed by atoms with Crippen LogP contribution in [0.3, 0.4) is 0 Å². The molecule has 15 heavy (non-hydrogen) atoms. The summed E-state index contributed by atoms with van der Waals surface area (Å²) in [5.74, 6) is 0.985. The van der Waals surface area contributed by atoms with Crippen LogP contribution in [0.1, 0.15) is 31.2 Å². The maximum Gasteiger partial charge on any atom is 0.120 e. The molecule has 2 rings (SSSR count). The first-order valence-corrected chi connectivity index (χ1v) is 7.22. The van der Waals surface area contributed by atoms with Gasteiger partial charge < -0.3 is 4.74 Å². The van der Waals surface area contributed by atoms with Crippen LogP contribution in [0, 0.1) is 0 Å². The van der Waals surface area contributed by atoms with Gasteiger partial charge >= 0.3 is 0 Å². The van der Waals surface area contributed by atoms with Crippen molar-refractivity contribution < 1.29 is 4.74 Å². The number of ether oxygens (including phenoxy) is 1. The van der Waals surface area contributed by atoms with Crippen LogP contribution in [0.4, 0.5) is 0 Å². The van der Waals surface area contributed by atoms with Crippen LogP contribution in [0.15, 0.2) is 22.7 Å². The predicted octanol–water partition coefficient (Wildman–Crippen LogP) is 4.67. The Morgan fingerprint density at radius 1 is 1.27 bits per heavy atom. The summed E-state index contributed by atoms with van der Waals surface area (Å²) in [5, 5.41) is 0.872. The van der Waals surface area contributed by atoms with Crippen LogP contribution < -0.4 is 4.74 Å². The van der Waals surface area contributed by atoms with E-state index >= 15 is 0 Å². The molecule has 0 bridgehead atoms. The van der Waals surface area contributed by atoms with E-state index in [1.54, 1.807) is 0 Å². The zero-order chi connectivity index (χ0) is 10.7. The van der Waals surface area contributed by atoms with Gasteiger partial charge in [-0.15, -0.1) is 0 Å². The zero-order valence-corrected chi connectivity index (χ0v) is 11.7. The molecule has 0 amide bonds. The summed E-state index contributed by atoms with van der Waals surface area (Å²) >= 11 is 7.00. The van der Waals surface area contributed by atoms with E-state index in [1.165, 1.54) is 31.2 Å². The molecule has 1 aliphatic carbocycles. The Morgan fingerprint density at radius 2 is 2.00 bits per heavy atom. The second-order valence-corrected chi connectivity index (χ2v) is 5.33. The Hall–Kier alpha value is -0.0200. The highest BCUT2D eigenvalue weighted by Crippen LogP contribution is 2.28. The molecule has 0 radical (unpaired) electrons. The maximum absolute atomic E-state index is 5.91. The van der Waals surface area contributed by atoms with E-state index < -0.39 is 0 Å². The molecule has 1 aliphatic rings. The number of hydrogen-bond donors (Lipinski definition) is 0. The van der Waals surface area contributed by atoms with Gasteiger partial charge in [-0.1, -0.05) is 37.9 Å². The van der Waals surface area contributed by atoms with Gasteiger partial charge in [0.1, 0.15) is 5.75 Å². The van der Waals surface area contributed by atoms with Crippen LogP contribution in [0.2, 0.25) is 0 Å². The van der Waals surface area contributed by atoms with Crippen LogP contribution in [-0.2, 0) is 5.33 Å². The zero-order valence-electron chi connectivity index (χ0n) is 8.51. The first-order chi connectivity index (χ1) is 7.29. The fourth-order valence-electron chi connectivity index (χ4n) is 1.91. The molecule has 1 saturated carbocycles. The van der Waals surface area contributed by atoms with E-state index in [9.17, 15) is 0 Å². The van der Waals surface area contributed by atoms with Crippen molar-refractivity contribution >= 4 is 31.9 Å². The molecule has 0 unspecified atom stereocenters. The van der Waals surface area contributed by atoms with E-state index in [1.807, 2.05) is 0 Å². The molecular formula is C12H14Br2O. The van der Waals surface area contributed by atoms with Gasteiger partial charge in [-0.05, 0) is 43.4 Å². The lowest BCUT2D eigenvalue weighted by atomic mass is 10.2. The average molecular weight is 334 g/mol. The Labute approximate surface area is 107 Å². The van der Waals surface area contributed by atoms with Crippen LogP contribution in [-0.4, -0.2) is 6.10 Å². The van der Waals surface area contributed by atoms with E-state index in [4.69, 9.17) is 4.74 Å². The molecule has 0 aromatic heterocycles. The van der Waals surface area contributed by atoms with Gasteiger partial charge in [0.25, 0.3) is 0 Å². The van der Waals surface area contributed by atoms with Crippen LogP contribution in [0.5, 0.6) is 5.75 Å². The van der Waals surface area contributed by atoms with E-state index in [0.717, 1.165) is 15.6 Å². The second-order valence-electron chi connectivity index (χ2n) is 3.91. The predicted molar refractivity (Wildman–Crippen MR) is 69.7 cm³/mol. The van der Waals surface area contributed by atoms with Crippen molar-refractivity contribution in [1.29, 1.82) is 0 Å². The maximum atomic E-state index is 5.91. The van der Waals surface area contributed by atoms with Crippen molar-refractivity contribution in [3.05, 3.63) is 28.2 Å². The first-order valence-electron chi connectivity index (χ1n) is 5.30. The highest BCUT2D eigenvalue weighted by atomic mass is 79.9. The summed E-state index contributed by atoms with van der Waals surface area (Å²) in [5.41, 5.74) is 1.26. The lowest BCUT2D eigenvalue weighted by Gasteiger charge is -2.13. The largest absolute Gasteiger partial charge is 0.490 e. The number of halogens is 2. The van der Waals surface area contributed by atoms with E-state index in [2.05, 4.69) is 50.1 Å². The van der Waals surface area contributed by atoms with Crippen molar-refractivity contribution in [2.24, 2.45) is 0 Å². The molecule has 1 aromatic carbocycles. The van der Waals surface area contributed by atoms with Crippen molar-refractivity contribution in [2.75, 3.05) is 0 Å². The fourth-order valence-corrected chi connectivity index (χ4v) is 3.27. The summed E-state index contributed by atoms with van der Waals surface area (Å²) in [6.45, 7) is 0. The SMILES string of the molecule is BrCc1ccc(OC2CCCC2)cc1Br. The van der Waals surface area contributed by atoms with Crippen LogP contribution in [0.25, 0.3) is 0 Å². The standard InChI is InChI=1S/C12H14Br2O/c13-8-9-5-6-11(7-12(9)14)15-10-3-1-2-4-10/h5-7,10H,1-4,8H2. The topological polar surface area (TPSA) is 9.23 Å². The molecule has 0 N–H and O–H groups in total. The number of alkyl halides is 1. The van der Waals surface area contributed by atoms with E-state index in [-0.39, 0.29) is 0 Å². The number of rotatable bonds is 3. The second kappa shape index (κ2) is 5.35. The summed E-state index contributed by atoms with van der Waals surface area (Å²) in [6, 6.07) is 6.22. The summed E-state index contributed by atoms with van der Waals surface area (Å²) in [7, 11) is 0. The highest BCUT2D eigenvalue weighted by Gasteiger charge is 2.16. The quantitative estimate of drug-likeness (QED) is 0.731. The van der Waals surface area contributed by atoms with Gasteiger partial charge in [0, 0.05) is 9.80 Å². The van der Waals surface area contributed by atoms with Gasteiger partial charge in [0.15, 0.2) is 0 Å². The van der Waals surface area contributed by atoms with Crippen molar-refractivity contribution in [1.82, 2.24) is 0 Å². The average Bonchev–Trinajstić information content (AvgIpc) is 2.71. The minimum Gasteiger partial charge on any atom is -0.490 e. The van der Waals surface area contributed by atoms with Crippen molar-refractivity contribution in [3.8, 4) is 5.75 Å². The summed E-state index contributed by atoms with van der Waals surface area (Å²) in [4.78, 5) is 0. The molecule has 1 fully saturated rings. The molecule has 3 heteroatoms. The lowest BCUT2D eigenvalue weighted by Crippen LogP contribution is -2.10. The fraction of sp³-hybridized carbons (Fsp3) is 0.500. The summed E-state index contributed by atoms with van der Waals surface area (Å²) in [6.07, 6.45) is 5.47. The van der Waals surface area contributed by atoms with Crippen molar-refractivity contribution in [3.63, 3.8) is 0 Å². The molecule has 82 valence electrons. The molecular weight excluding hydrogens is 320 g/mol. The first kappa shape index (κ1) is 11.5. The third kappa shape index (κ3) is 2.97. The van der Waals surface area contributed by atoms with Gasteiger partial charge in [0.05, 0.1) is 6.10 Å². The third-order valence-corrected chi connectivity index (χ3v) is 4.12. The molecule has 0 atom stereocenters. The molecule has 1 nitrogen and oxygen atoms in total. The minimum absolute atomic E-state index is 0.437. The minimum atomic E-state index is 0.437. The monoisotopic (exact) mass is 332 g/mol. The Morgan fingerprint density at radius 3 is 2.60 bits per heavy atom. The highest BCUT2D eigenvalue weighted by molar-refractivity contribution is 9.10. The smallest absolute Gasteiger partial charge is 0.120 e. The lowest BCUT2D eigenvalue weighted by molar-refractivity contribution is 0.210. The van der Waals surface area contributed by atoms with Gasteiger partial charge in [-0.25, -0.2) is 0 Å². The van der Waals surface area contributed by atoms with Crippen LogP contribution >= 0.6 is 31.9 Å². The number of hydrogen-bond acceptors (Lipinski definition) is 1. The van der Waals surface area contributed by atoms with Crippen molar-refractivity contribution in [2.45, 2.75) is 37.1 Å². The number of benzene rings is 1. The van der Waals surface area contributed by atoms with Gasteiger partial charge in [-0.2, -0.15) is 0 Å². The third-order valence-electron chi connectivity index (χ3n) is 2.77. The Bertz CT molecular complexity index is 332. The molecule has 0 saturated heterocycles. The molecule has 1 aromatic rings. The Kier molecular flexibility index (Phi) is 4.09. The Balaban J connectivity index is 2.05. The van der Waals surface area contributed by atoms with Gasteiger partial charge in [-0.3, -0.25) is 0 Å². The molecule has 0 heterocycles. The normalized spacial score (nSPS) is 16.9. The summed E-state index contributed by atoms with van der Waals surface area (Å²) < 4.78 is 7.03. The molecule has 0 aliphatic heterocycles.